The molecule has 0 aromatic carbocycles. The second kappa shape index (κ2) is 3.73. The molecule has 0 N–H and O–H groups in total. The first kappa shape index (κ1) is 11.2. The summed E-state index contributed by atoms with van der Waals surface area (Å²) in [4.78, 5) is 11.5. The molecule has 1 saturated heterocycles. The van der Waals surface area contributed by atoms with Gasteiger partial charge in [0, 0.05) is 0 Å². The summed E-state index contributed by atoms with van der Waals surface area (Å²) in [6.07, 6.45) is 0.111. The van der Waals surface area contributed by atoms with Crippen molar-refractivity contribution in [2.45, 2.75) is 36.4 Å². The second-order valence-electron chi connectivity index (χ2n) is 3.87. The Morgan fingerprint density at radius 3 is 2.38 bits per heavy atom. The lowest BCUT2D eigenvalue weighted by atomic mass is 9.90. The molecule has 1 aliphatic rings. The van der Waals surface area contributed by atoms with Gasteiger partial charge < -0.3 is 9.47 Å². The van der Waals surface area contributed by atoms with Crippen molar-refractivity contribution in [3.05, 3.63) is 0 Å². The van der Waals surface area contributed by atoms with Crippen LogP contribution in [0.5, 0.6) is 0 Å². The van der Waals surface area contributed by atoms with Crippen LogP contribution in [0.15, 0.2) is 0 Å². The summed E-state index contributed by atoms with van der Waals surface area (Å²) in [5.74, 6) is -0.332. The van der Waals surface area contributed by atoms with E-state index in [1.807, 2.05) is 20.8 Å². The van der Waals surface area contributed by atoms with Gasteiger partial charge in [-0.3, -0.25) is 4.79 Å². The fourth-order valence-corrected chi connectivity index (χ4v) is 3.12. The van der Waals surface area contributed by atoms with Crippen LogP contribution in [0.3, 0.4) is 0 Å². The third kappa shape index (κ3) is 1.98. The Bertz CT molecular complexity index is 215. The molecular formula is C9H15IO3. The van der Waals surface area contributed by atoms with Gasteiger partial charge in [0.25, 0.3) is 0 Å². The zero-order chi connectivity index (χ0) is 10.2. The molecule has 0 amide bonds. The summed E-state index contributed by atoms with van der Waals surface area (Å²) in [6, 6.07) is 0. The van der Waals surface area contributed by atoms with E-state index in [-0.39, 0.29) is 21.9 Å². The number of methoxy groups -OCH3 is 1. The number of esters is 1. The van der Waals surface area contributed by atoms with E-state index in [0.29, 0.717) is 0 Å². The largest absolute Gasteiger partial charge is 0.469 e. The fourth-order valence-electron chi connectivity index (χ4n) is 1.81. The molecule has 1 heterocycles. The van der Waals surface area contributed by atoms with E-state index in [9.17, 15) is 4.79 Å². The van der Waals surface area contributed by atoms with Crippen molar-refractivity contribution in [3.63, 3.8) is 0 Å². The summed E-state index contributed by atoms with van der Waals surface area (Å²) >= 11 is 2.26. The number of rotatable bonds is 1. The predicted octanol–water partition coefficient (Wildman–Crippen LogP) is 1.78. The predicted molar refractivity (Wildman–Crippen MR) is 57.9 cm³/mol. The van der Waals surface area contributed by atoms with Crippen molar-refractivity contribution in [1.82, 2.24) is 0 Å². The van der Waals surface area contributed by atoms with Crippen LogP contribution < -0.4 is 0 Å². The maximum absolute atomic E-state index is 11.5. The summed E-state index contributed by atoms with van der Waals surface area (Å²) in [5, 5.41) is 0. The van der Waals surface area contributed by atoms with Crippen LogP contribution in [0.25, 0.3) is 0 Å². The second-order valence-corrected chi connectivity index (χ2v) is 5.31. The summed E-state index contributed by atoms with van der Waals surface area (Å²) < 4.78 is 10.6. The van der Waals surface area contributed by atoms with Gasteiger partial charge in [0.2, 0.25) is 0 Å². The van der Waals surface area contributed by atoms with Crippen LogP contribution in [0.4, 0.5) is 0 Å². The van der Waals surface area contributed by atoms with Gasteiger partial charge in [-0.15, -0.1) is 0 Å². The van der Waals surface area contributed by atoms with Gasteiger partial charge in [0.15, 0.2) is 0 Å². The first-order valence-corrected chi connectivity index (χ1v) is 5.54. The van der Waals surface area contributed by atoms with Crippen molar-refractivity contribution >= 4 is 28.6 Å². The lowest BCUT2D eigenvalue weighted by Crippen LogP contribution is -2.37. The minimum atomic E-state index is -0.404. The SMILES string of the molecule is COC(=O)[C@H]1[C@H](I)[C@H](C)OC1(C)C. The van der Waals surface area contributed by atoms with E-state index in [4.69, 9.17) is 9.47 Å². The number of halogens is 1. The van der Waals surface area contributed by atoms with Gasteiger partial charge in [0.05, 0.1) is 28.7 Å². The van der Waals surface area contributed by atoms with E-state index in [0.717, 1.165) is 0 Å². The van der Waals surface area contributed by atoms with Gasteiger partial charge in [-0.2, -0.15) is 0 Å². The molecule has 0 spiro atoms. The zero-order valence-electron chi connectivity index (χ0n) is 8.33. The maximum atomic E-state index is 11.5. The average Bonchev–Trinajstić information content (AvgIpc) is 2.21. The summed E-state index contributed by atoms with van der Waals surface area (Å²) in [7, 11) is 1.42. The van der Waals surface area contributed by atoms with Crippen LogP contribution in [-0.4, -0.2) is 28.7 Å². The Labute approximate surface area is 92.3 Å². The smallest absolute Gasteiger partial charge is 0.312 e. The molecule has 4 heteroatoms. The van der Waals surface area contributed by atoms with Crippen LogP contribution in [0.2, 0.25) is 0 Å². The Morgan fingerprint density at radius 1 is 1.54 bits per heavy atom. The monoisotopic (exact) mass is 298 g/mol. The highest BCUT2D eigenvalue weighted by molar-refractivity contribution is 14.1. The van der Waals surface area contributed by atoms with E-state index in [2.05, 4.69) is 22.6 Å². The molecule has 1 rings (SSSR count). The fraction of sp³-hybridized carbons (Fsp3) is 0.889. The summed E-state index contributed by atoms with van der Waals surface area (Å²) in [5.41, 5.74) is -0.404. The standard InChI is InChI=1S/C9H15IO3/c1-5-7(10)6(8(11)12-4)9(2,3)13-5/h5-7H,1-4H3/t5-,6+,7+/m0/s1. The molecule has 0 aromatic heterocycles. The highest BCUT2D eigenvalue weighted by Gasteiger charge is 2.51. The third-order valence-corrected chi connectivity index (χ3v) is 4.19. The lowest BCUT2D eigenvalue weighted by Gasteiger charge is -2.24. The van der Waals surface area contributed by atoms with Crippen LogP contribution in [-0.2, 0) is 14.3 Å². The molecule has 3 atom stereocenters. The molecule has 0 saturated carbocycles. The van der Waals surface area contributed by atoms with Crippen LogP contribution in [0.1, 0.15) is 20.8 Å². The molecule has 1 fully saturated rings. The van der Waals surface area contributed by atoms with Crippen LogP contribution in [0, 0.1) is 5.92 Å². The number of carbonyl (C=O) groups is 1. The molecule has 0 unspecified atom stereocenters. The number of hydrogen-bond donors (Lipinski definition) is 0. The van der Waals surface area contributed by atoms with E-state index in [1.54, 1.807) is 0 Å². The highest BCUT2D eigenvalue weighted by atomic mass is 127. The molecule has 3 nitrogen and oxygen atoms in total. The molecule has 0 aliphatic carbocycles. The molecule has 1 aliphatic heterocycles. The Balaban J connectivity index is 2.87. The third-order valence-electron chi connectivity index (χ3n) is 2.46. The molecule has 13 heavy (non-hydrogen) atoms. The van der Waals surface area contributed by atoms with Crippen molar-refractivity contribution < 1.29 is 14.3 Å². The average molecular weight is 298 g/mol. The Kier molecular flexibility index (Phi) is 3.22. The van der Waals surface area contributed by atoms with Gasteiger partial charge in [-0.25, -0.2) is 0 Å². The van der Waals surface area contributed by atoms with Gasteiger partial charge in [0.1, 0.15) is 0 Å². The maximum Gasteiger partial charge on any atom is 0.312 e. The van der Waals surface area contributed by atoms with Gasteiger partial charge in [-0.05, 0) is 20.8 Å². The minimum Gasteiger partial charge on any atom is -0.469 e. The van der Waals surface area contributed by atoms with Crippen molar-refractivity contribution in [2.24, 2.45) is 5.92 Å². The van der Waals surface area contributed by atoms with Crippen LogP contribution >= 0.6 is 22.6 Å². The molecular weight excluding hydrogens is 283 g/mol. The minimum absolute atomic E-state index is 0.111. The normalized spacial score (nSPS) is 37.5. The Morgan fingerprint density at radius 2 is 2.08 bits per heavy atom. The van der Waals surface area contributed by atoms with Crippen molar-refractivity contribution in [3.8, 4) is 0 Å². The zero-order valence-corrected chi connectivity index (χ0v) is 10.5. The first-order valence-electron chi connectivity index (χ1n) is 4.30. The Hall–Kier alpha value is 0.160. The topological polar surface area (TPSA) is 35.5 Å². The molecule has 0 aromatic rings. The number of ether oxygens (including phenoxy) is 2. The van der Waals surface area contributed by atoms with Gasteiger partial charge in [-0.1, -0.05) is 22.6 Å². The van der Waals surface area contributed by atoms with Crippen molar-refractivity contribution in [2.75, 3.05) is 7.11 Å². The van der Waals surface area contributed by atoms with Gasteiger partial charge >= 0.3 is 5.97 Å². The number of carbonyl (C=O) groups excluding carboxylic acids is 1. The quantitative estimate of drug-likeness (QED) is 0.420. The number of hydrogen-bond acceptors (Lipinski definition) is 3. The van der Waals surface area contributed by atoms with E-state index in [1.165, 1.54) is 7.11 Å². The first-order chi connectivity index (χ1) is 5.90. The molecule has 0 radical (unpaired) electrons. The van der Waals surface area contributed by atoms with Crippen molar-refractivity contribution in [1.29, 1.82) is 0 Å². The highest BCUT2D eigenvalue weighted by Crippen LogP contribution is 2.40. The molecule has 0 bridgehead atoms. The van der Waals surface area contributed by atoms with E-state index >= 15 is 0 Å². The summed E-state index contributed by atoms with van der Waals surface area (Å²) in [6.45, 7) is 5.86. The van der Waals surface area contributed by atoms with E-state index < -0.39 is 5.60 Å². The molecule has 76 valence electrons. The number of alkyl halides is 1. The lowest BCUT2D eigenvalue weighted by molar-refractivity contribution is -0.150.